The van der Waals surface area contributed by atoms with Gasteiger partial charge in [0.1, 0.15) is 17.9 Å². The summed E-state index contributed by atoms with van der Waals surface area (Å²) in [5.41, 5.74) is 7.26. The van der Waals surface area contributed by atoms with Gasteiger partial charge in [-0.1, -0.05) is 5.21 Å². The van der Waals surface area contributed by atoms with E-state index in [1.54, 1.807) is 28.9 Å². The highest BCUT2D eigenvalue weighted by atomic mass is 16.5. The van der Waals surface area contributed by atoms with Gasteiger partial charge in [0.25, 0.3) is 0 Å². The Morgan fingerprint density at radius 3 is 2.76 bits per heavy atom. The van der Waals surface area contributed by atoms with E-state index in [-0.39, 0.29) is 11.8 Å². The van der Waals surface area contributed by atoms with E-state index in [0.717, 1.165) is 12.8 Å². The molecule has 1 fully saturated rings. The number of nitrogens with two attached hydrogens (primary N) is 1. The zero-order valence-electron chi connectivity index (χ0n) is 11.2. The Morgan fingerprint density at radius 2 is 2.19 bits per heavy atom. The van der Waals surface area contributed by atoms with E-state index >= 15 is 0 Å². The van der Waals surface area contributed by atoms with Gasteiger partial charge >= 0.3 is 0 Å². The molecule has 2 N–H and O–H groups in total. The molecule has 21 heavy (non-hydrogen) atoms. The molecule has 106 valence electrons. The maximum Gasteiger partial charge on any atom is 0.248 e. The molecule has 1 aromatic heterocycles. The predicted molar refractivity (Wildman–Crippen MR) is 72.5 cm³/mol. The first kappa shape index (κ1) is 13.3. The summed E-state index contributed by atoms with van der Waals surface area (Å²) in [5, 5.41) is 17.1. The van der Waals surface area contributed by atoms with Crippen molar-refractivity contribution in [1.82, 2.24) is 15.0 Å². The molecule has 1 unspecified atom stereocenters. The van der Waals surface area contributed by atoms with Crippen molar-refractivity contribution in [3.05, 3.63) is 41.2 Å². The van der Waals surface area contributed by atoms with Crippen LogP contribution in [0, 0.1) is 11.3 Å². The number of aromatic nitrogens is 3. The van der Waals surface area contributed by atoms with Gasteiger partial charge in [-0.15, -0.1) is 5.10 Å². The van der Waals surface area contributed by atoms with Crippen molar-refractivity contribution in [1.29, 1.82) is 5.26 Å². The Kier molecular flexibility index (Phi) is 3.38. The zero-order valence-corrected chi connectivity index (χ0v) is 11.2. The van der Waals surface area contributed by atoms with E-state index in [0.29, 0.717) is 23.6 Å². The van der Waals surface area contributed by atoms with Gasteiger partial charge in [0.2, 0.25) is 5.91 Å². The SMILES string of the molecule is N#Cc1nnn(-c2ccc(C(N)=O)cc2)c1C1CCCO1. The van der Waals surface area contributed by atoms with E-state index in [2.05, 4.69) is 10.3 Å². The standard InChI is InChI=1S/C14H13N5O2/c15-8-11-13(12-2-1-7-21-12)19(18-17-11)10-5-3-9(4-6-10)14(16)20/h3-6,12H,1-2,7H2,(H2,16,20). The van der Waals surface area contributed by atoms with Gasteiger partial charge < -0.3 is 10.5 Å². The number of hydrogen-bond acceptors (Lipinski definition) is 5. The van der Waals surface area contributed by atoms with Crippen LogP contribution in [0.25, 0.3) is 5.69 Å². The molecule has 1 aliphatic heterocycles. The van der Waals surface area contributed by atoms with Crippen LogP contribution < -0.4 is 5.73 Å². The number of hydrogen-bond donors (Lipinski definition) is 1. The smallest absolute Gasteiger partial charge is 0.248 e. The van der Waals surface area contributed by atoms with Gasteiger partial charge in [0, 0.05) is 12.2 Å². The highest BCUT2D eigenvalue weighted by molar-refractivity contribution is 5.92. The first-order valence-corrected chi connectivity index (χ1v) is 6.58. The van der Waals surface area contributed by atoms with E-state index in [9.17, 15) is 10.1 Å². The predicted octanol–water partition coefficient (Wildman–Crippen LogP) is 1.09. The van der Waals surface area contributed by atoms with Gasteiger partial charge in [-0.3, -0.25) is 4.79 Å². The Labute approximate surface area is 120 Å². The van der Waals surface area contributed by atoms with Gasteiger partial charge in [-0.2, -0.15) is 5.26 Å². The first-order chi connectivity index (χ1) is 10.2. The van der Waals surface area contributed by atoms with Crippen molar-refractivity contribution in [3.8, 4) is 11.8 Å². The van der Waals surface area contributed by atoms with E-state index in [4.69, 9.17) is 10.5 Å². The minimum atomic E-state index is -0.489. The number of carbonyl (C=O) groups excluding carboxylic acids is 1. The van der Waals surface area contributed by atoms with Gasteiger partial charge in [0.15, 0.2) is 5.69 Å². The first-order valence-electron chi connectivity index (χ1n) is 6.58. The minimum Gasteiger partial charge on any atom is -0.372 e. The molecule has 0 spiro atoms. The lowest BCUT2D eigenvalue weighted by molar-refractivity contribution is 0.1000. The average molecular weight is 283 g/mol. The van der Waals surface area contributed by atoms with Crippen LogP contribution in [0.1, 0.15) is 40.7 Å². The van der Waals surface area contributed by atoms with Crippen LogP contribution in [0.3, 0.4) is 0 Å². The Morgan fingerprint density at radius 1 is 1.43 bits per heavy atom. The molecule has 3 rings (SSSR count). The molecule has 0 radical (unpaired) electrons. The monoisotopic (exact) mass is 283 g/mol. The topological polar surface area (TPSA) is 107 Å². The number of primary amides is 1. The Balaban J connectivity index is 2.04. The molecular weight excluding hydrogens is 270 g/mol. The molecule has 2 aromatic rings. The maximum atomic E-state index is 11.1. The van der Waals surface area contributed by atoms with Gasteiger partial charge in [0.05, 0.1) is 5.69 Å². The Hall–Kier alpha value is -2.72. The third-order valence-electron chi connectivity index (χ3n) is 3.44. The molecule has 0 aliphatic carbocycles. The van der Waals surface area contributed by atoms with Crippen LogP contribution in [0.5, 0.6) is 0 Å². The van der Waals surface area contributed by atoms with Crippen molar-refractivity contribution in [2.45, 2.75) is 18.9 Å². The average Bonchev–Trinajstić information content (AvgIpc) is 3.15. The second-order valence-corrected chi connectivity index (χ2v) is 4.76. The summed E-state index contributed by atoms with van der Waals surface area (Å²) in [5.74, 6) is -0.489. The van der Waals surface area contributed by atoms with Gasteiger partial charge in [-0.05, 0) is 37.1 Å². The largest absolute Gasteiger partial charge is 0.372 e. The lowest BCUT2D eigenvalue weighted by Crippen LogP contribution is -2.12. The molecule has 2 heterocycles. The summed E-state index contributed by atoms with van der Waals surface area (Å²) in [6, 6.07) is 8.71. The van der Waals surface area contributed by atoms with E-state index in [1.165, 1.54) is 0 Å². The van der Waals surface area contributed by atoms with Crippen molar-refractivity contribution < 1.29 is 9.53 Å². The molecule has 1 aromatic carbocycles. The van der Waals surface area contributed by atoms with Crippen molar-refractivity contribution in [3.63, 3.8) is 0 Å². The fourth-order valence-corrected chi connectivity index (χ4v) is 2.41. The third kappa shape index (κ3) is 2.37. The van der Waals surface area contributed by atoms with Crippen LogP contribution in [-0.2, 0) is 4.74 Å². The highest BCUT2D eigenvalue weighted by Crippen LogP contribution is 2.31. The number of rotatable bonds is 3. The second-order valence-electron chi connectivity index (χ2n) is 4.76. The summed E-state index contributed by atoms with van der Waals surface area (Å²) in [7, 11) is 0. The van der Waals surface area contributed by atoms with Crippen LogP contribution in [0.2, 0.25) is 0 Å². The summed E-state index contributed by atoms with van der Waals surface area (Å²) in [6.45, 7) is 0.668. The van der Waals surface area contributed by atoms with Crippen LogP contribution in [0.15, 0.2) is 24.3 Å². The van der Waals surface area contributed by atoms with E-state index < -0.39 is 5.91 Å². The molecule has 7 nitrogen and oxygen atoms in total. The molecule has 0 bridgehead atoms. The Bertz CT molecular complexity index is 708. The number of amides is 1. The maximum absolute atomic E-state index is 11.1. The van der Waals surface area contributed by atoms with Crippen molar-refractivity contribution in [2.24, 2.45) is 5.73 Å². The fourth-order valence-electron chi connectivity index (χ4n) is 2.41. The quantitative estimate of drug-likeness (QED) is 0.907. The number of nitrogens with zero attached hydrogens (tertiary/aromatic N) is 4. The summed E-state index contributed by atoms with van der Waals surface area (Å²) < 4.78 is 7.22. The zero-order chi connectivity index (χ0) is 14.8. The van der Waals surface area contributed by atoms with Crippen molar-refractivity contribution >= 4 is 5.91 Å². The van der Waals surface area contributed by atoms with Crippen molar-refractivity contribution in [2.75, 3.05) is 6.61 Å². The molecule has 1 amide bonds. The van der Waals surface area contributed by atoms with Crippen LogP contribution in [0.4, 0.5) is 0 Å². The normalized spacial score (nSPS) is 17.6. The van der Waals surface area contributed by atoms with Gasteiger partial charge in [-0.25, -0.2) is 4.68 Å². The molecule has 1 atom stereocenters. The summed E-state index contributed by atoms with van der Waals surface area (Å²) >= 11 is 0. The fraction of sp³-hybridized carbons (Fsp3) is 0.286. The number of benzene rings is 1. The molecule has 0 saturated carbocycles. The second kappa shape index (κ2) is 5.34. The summed E-state index contributed by atoms with van der Waals surface area (Å²) in [4.78, 5) is 11.1. The summed E-state index contributed by atoms with van der Waals surface area (Å²) in [6.07, 6.45) is 1.61. The molecule has 1 aliphatic rings. The lowest BCUT2D eigenvalue weighted by Gasteiger charge is -2.12. The highest BCUT2D eigenvalue weighted by Gasteiger charge is 2.27. The number of ether oxygens (including phenoxy) is 1. The minimum absolute atomic E-state index is 0.175. The molecule has 1 saturated heterocycles. The third-order valence-corrected chi connectivity index (χ3v) is 3.44. The number of nitriles is 1. The number of carbonyl (C=O) groups is 1. The van der Waals surface area contributed by atoms with E-state index in [1.807, 2.05) is 6.07 Å². The molecular formula is C14H13N5O2. The lowest BCUT2D eigenvalue weighted by atomic mass is 10.1. The van der Waals surface area contributed by atoms with Crippen LogP contribution in [-0.4, -0.2) is 27.5 Å². The molecule has 7 heteroatoms. The van der Waals surface area contributed by atoms with Crippen LogP contribution >= 0.6 is 0 Å².